The molecule has 0 amide bonds. The molecule has 0 radical (unpaired) electrons. The first-order valence-corrected chi connectivity index (χ1v) is 11.3. The third-order valence-corrected chi connectivity index (χ3v) is 5.93. The number of carbonyl (C=O) groups excluding carboxylic acids is 2. The van der Waals surface area contributed by atoms with E-state index in [9.17, 15) is 9.59 Å². The summed E-state index contributed by atoms with van der Waals surface area (Å²) in [6.45, 7) is 4.39. The van der Waals surface area contributed by atoms with Crippen molar-refractivity contribution in [2.45, 2.75) is 39.7 Å². The van der Waals surface area contributed by atoms with Gasteiger partial charge in [0.15, 0.2) is 11.6 Å². The lowest BCUT2D eigenvalue weighted by molar-refractivity contribution is 0.0978. The van der Waals surface area contributed by atoms with Crippen LogP contribution >= 0.6 is 0 Å². The molecule has 0 aliphatic carbocycles. The maximum Gasteiger partial charge on any atom is 0.167 e. The van der Waals surface area contributed by atoms with Crippen molar-refractivity contribution < 1.29 is 9.59 Å². The maximum absolute atomic E-state index is 12.7. The van der Waals surface area contributed by atoms with Crippen molar-refractivity contribution in [1.29, 1.82) is 0 Å². The first-order chi connectivity index (χ1) is 16.4. The molecule has 4 rings (SSSR count). The molecule has 0 atom stereocenters. The van der Waals surface area contributed by atoms with Crippen LogP contribution in [0.5, 0.6) is 0 Å². The first kappa shape index (κ1) is 23.1. The van der Waals surface area contributed by atoms with E-state index in [0.29, 0.717) is 42.8 Å². The number of pyridine rings is 1. The molecule has 6 nitrogen and oxygen atoms in total. The quantitative estimate of drug-likeness (QED) is 0.370. The molecule has 34 heavy (non-hydrogen) atoms. The van der Waals surface area contributed by atoms with Gasteiger partial charge in [-0.3, -0.25) is 14.3 Å². The number of aromatic nitrogens is 3. The Kier molecular flexibility index (Phi) is 6.97. The molecule has 0 aliphatic rings. The number of carbonyl (C=O) groups is 2. The topological polar surface area (TPSA) is 90.9 Å². The average Bonchev–Trinajstić information content (AvgIpc) is 3.27. The zero-order chi connectivity index (χ0) is 24.1. The molecule has 2 N–H and O–H groups in total. The number of nitrogens with two attached hydrogens (primary N) is 1. The molecule has 2 aromatic heterocycles. The molecule has 2 aromatic carbocycles. The SMILES string of the molecule is Cc1cc(N)nc(C)c1CCC(=O)c1cnn(Cc2cccc(C(=O)Cc3ccccc3)c2)c1. The third kappa shape index (κ3) is 5.64. The summed E-state index contributed by atoms with van der Waals surface area (Å²) in [7, 11) is 0. The second kappa shape index (κ2) is 10.3. The number of anilines is 1. The van der Waals surface area contributed by atoms with Gasteiger partial charge >= 0.3 is 0 Å². The summed E-state index contributed by atoms with van der Waals surface area (Å²) >= 11 is 0. The molecule has 6 heteroatoms. The highest BCUT2D eigenvalue weighted by Gasteiger charge is 2.13. The molecule has 0 aliphatic heterocycles. The van der Waals surface area contributed by atoms with E-state index in [-0.39, 0.29) is 11.6 Å². The molecule has 0 spiro atoms. The van der Waals surface area contributed by atoms with Gasteiger partial charge in [0.1, 0.15) is 5.82 Å². The van der Waals surface area contributed by atoms with E-state index >= 15 is 0 Å². The Morgan fingerprint density at radius 3 is 2.44 bits per heavy atom. The smallest absolute Gasteiger partial charge is 0.167 e. The number of benzene rings is 2. The predicted octanol–water partition coefficient (Wildman–Crippen LogP) is 4.77. The van der Waals surface area contributed by atoms with Gasteiger partial charge in [-0.2, -0.15) is 5.10 Å². The standard InChI is InChI=1S/C28H28N4O2/c1-19-13-28(29)31-20(2)25(19)11-12-26(33)24-16-30-32(18-24)17-22-9-6-10-23(14-22)27(34)15-21-7-4-3-5-8-21/h3-10,13-14,16,18H,11-12,15,17H2,1-2H3,(H2,29,31). The number of aryl methyl sites for hydroxylation is 2. The van der Waals surface area contributed by atoms with Crippen LogP contribution in [0, 0.1) is 13.8 Å². The van der Waals surface area contributed by atoms with Crippen molar-refractivity contribution >= 4 is 17.4 Å². The van der Waals surface area contributed by atoms with Crippen molar-refractivity contribution in [1.82, 2.24) is 14.8 Å². The average molecular weight is 453 g/mol. The van der Waals surface area contributed by atoms with Gasteiger partial charge in [-0.25, -0.2) is 4.98 Å². The second-order valence-corrected chi connectivity index (χ2v) is 8.56. The minimum Gasteiger partial charge on any atom is -0.384 e. The van der Waals surface area contributed by atoms with E-state index in [1.54, 1.807) is 17.1 Å². The molecule has 0 fully saturated rings. The Labute approximate surface area is 199 Å². The van der Waals surface area contributed by atoms with Gasteiger partial charge in [-0.15, -0.1) is 0 Å². The Hall–Kier alpha value is -4.06. The molecule has 0 unspecified atom stereocenters. The van der Waals surface area contributed by atoms with Crippen LogP contribution in [0.25, 0.3) is 0 Å². The molecular formula is C28H28N4O2. The van der Waals surface area contributed by atoms with E-state index in [2.05, 4.69) is 10.1 Å². The summed E-state index contributed by atoms with van der Waals surface area (Å²) in [5.41, 5.74) is 12.0. The van der Waals surface area contributed by atoms with Crippen molar-refractivity contribution in [3.8, 4) is 0 Å². The third-order valence-electron chi connectivity index (χ3n) is 5.93. The Bertz CT molecular complexity index is 1300. The second-order valence-electron chi connectivity index (χ2n) is 8.56. The van der Waals surface area contributed by atoms with Gasteiger partial charge in [0, 0.05) is 30.3 Å². The van der Waals surface area contributed by atoms with Crippen molar-refractivity contribution in [3.63, 3.8) is 0 Å². The number of hydrogen-bond acceptors (Lipinski definition) is 5. The van der Waals surface area contributed by atoms with Crippen LogP contribution in [0.2, 0.25) is 0 Å². The highest BCUT2D eigenvalue weighted by Crippen LogP contribution is 2.18. The van der Waals surface area contributed by atoms with Gasteiger partial charge in [-0.1, -0.05) is 48.5 Å². The lowest BCUT2D eigenvalue weighted by atomic mass is 10.00. The molecule has 172 valence electrons. The molecule has 0 bridgehead atoms. The van der Waals surface area contributed by atoms with Crippen LogP contribution in [0.15, 0.2) is 73.1 Å². The molecule has 0 saturated carbocycles. The molecule has 2 heterocycles. The summed E-state index contributed by atoms with van der Waals surface area (Å²) in [5.74, 6) is 0.609. The Morgan fingerprint density at radius 2 is 1.68 bits per heavy atom. The lowest BCUT2D eigenvalue weighted by Crippen LogP contribution is -2.06. The summed E-state index contributed by atoms with van der Waals surface area (Å²) in [4.78, 5) is 29.7. The summed E-state index contributed by atoms with van der Waals surface area (Å²) in [6, 6.07) is 19.1. The van der Waals surface area contributed by atoms with Crippen LogP contribution in [-0.4, -0.2) is 26.3 Å². The van der Waals surface area contributed by atoms with Gasteiger partial charge in [0.2, 0.25) is 0 Å². The van der Waals surface area contributed by atoms with Crippen LogP contribution in [0.3, 0.4) is 0 Å². The summed E-state index contributed by atoms with van der Waals surface area (Å²) in [6.07, 6.45) is 4.73. The largest absolute Gasteiger partial charge is 0.384 e. The normalized spacial score (nSPS) is 10.9. The Balaban J connectivity index is 1.38. The van der Waals surface area contributed by atoms with Crippen molar-refractivity contribution in [2.24, 2.45) is 0 Å². The molecule has 4 aromatic rings. The number of hydrogen-bond donors (Lipinski definition) is 1. The fourth-order valence-corrected chi connectivity index (χ4v) is 4.16. The van der Waals surface area contributed by atoms with Crippen LogP contribution in [0.4, 0.5) is 5.82 Å². The number of nitrogens with zero attached hydrogens (tertiary/aromatic N) is 3. The fourth-order valence-electron chi connectivity index (χ4n) is 4.16. The zero-order valence-corrected chi connectivity index (χ0v) is 19.5. The zero-order valence-electron chi connectivity index (χ0n) is 19.5. The molecular weight excluding hydrogens is 424 g/mol. The monoisotopic (exact) mass is 452 g/mol. The van der Waals surface area contributed by atoms with E-state index in [0.717, 1.165) is 27.9 Å². The summed E-state index contributed by atoms with van der Waals surface area (Å²) in [5, 5.41) is 4.36. The molecule has 0 saturated heterocycles. The fraction of sp³-hybridized carbons (Fsp3) is 0.214. The van der Waals surface area contributed by atoms with E-state index < -0.39 is 0 Å². The van der Waals surface area contributed by atoms with E-state index in [4.69, 9.17) is 5.73 Å². The van der Waals surface area contributed by atoms with Gasteiger partial charge < -0.3 is 5.73 Å². The minimum absolute atomic E-state index is 0.0358. The minimum atomic E-state index is 0.0358. The maximum atomic E-state index is 12.7. The number of nitrogen functional groups attached to an aromatic ring is 1. The van der Waals surface area contributed by atoms with Crippen LogP contribution in [0.1, 0.15) is 55.1 Å². The number of Topliss-reactive ketones (excluding diaryl/α,β-unsaturated/α-hetero) is 2. The van der Waals surface area contributed by atoms with Crippen molar-refractivity contribution in [2.75, 3.05) is 5.73 Å². The van der Waals surface area contributed by atoms with E-state index in [1.807, 2.05) is 74.5 Å². The first-order valence-electron chi connectivity index (χ1n) is 11.3. The number of rotatable bonds is 9. The highest BCUT2D eigenvalue weighted by molar-refractivity contribution is 5.97. The highest BCUT2D eigenvalue weighted by atomic mass is 16.1. The van der Waals surface area contributed by atoms with Crippen LogP contribution < -0.4 is 5.73 Å². The van der Waals surface area contributed by atoms with Crippen molar-refractivity contribution in [3.05, 3.63) is 112 Å². The summed E-state index contributed by atoms with van der Waals surface area (Å²) < 4.78 is 1.73. The van der Waals surface area contributed by atoms with Gasteiger partial charge in [-0.05, 0) is 54.7 Å². The van der Waals surface area contributed by atoms with E-state index in [1.165, 1.54) is 0 Å². The lowest BCUT2D eigenvalue weighted by Gasteiger charge is -2.09. The number of ketones is 2. The Morgan fingerprint density at radius 1 is 0.912 bits per heavy atom. The van der Waals surface area contributed by atoms with Gasteiger partial charge in [0.05, 0.1) is 18.3 Å². The van der Waals surface area contributed by atoms with Gasteiger partial charge in [0.25, 0.3) is 0 Å². The predicted molar refractivity (Wildman–Crippen MR) is 133 cm³/mol. The van der Waals surface area contributed by atoms with Crippen LogP contribution in [-0.2, 0) is 19.4 Å².